The lowest BCUT2D eigenvalue weighted by Gasteiger charge is -2.38. The van der Waals surface area contributed by atoms with Crippen molar-refractivity contribution in [3.05, 3.63) is 35.9 Å². The largest absolute Gasteiger partial charge is 0.456 e. The molecule has 1 aromatic carbocycles. The second-order valence-corrected chi connectivity index (χ2v) is 5.52. The first kappa shape index (κ1) is 17.8. The highest BCUT2D eigenvalue weighted by Gasteiger charge is 2.39. The molecule has 130 valence electrons. The molecule has 2 rings (SSSR count). The van der Waals surface area contributed by atoms with Crippen LogP contribution in [0, 0.1) is 0 Å². The lowest BCUT2D eigenvalue weighted by Crippen LogP contribution is -2.54. The molecule has 1 aliphatic rings. The Balaban J connectivity index is 2.04. The predicted octanol–water partition coefficient (Wildman–Crippen LogP) is 2.24. The minimum absolute atomic E-state index is 0.112. The molecule has 2 unspecified atom stereocenters. The number of rotatable bonds is 4. The van der Waals surface area contributed by atoms with Crippen molar-refractivity contribution in [2.45, 2.75) is 45.6 Å². The van der Waals surface area contributed by atoms with Crippen LogP contribution in [0.1, 0.15) is 32.3 Å². The number of nitrogens with zero attached hydrogens (tertiary/aromatic N) is 1. The van der Waals surface area contributed by atoms with Crippen molar-refractivity contribution < 1.29 is 28.6 Å². The molecular weight excluding hydrogens is 314 g/mol. The normalized spacial score (nSPS) is 20.2. The zero-order valence-corrected chi connectivity index (χ0v) is 13.8. The molecule has 2 atom stereocenters. The fourth-order valence-corrected chi connectivity index (χ4v) is 2.57. The van der Waals surface area contributed by atoms with Gasteiger partial charge in [0.05, 0.1) is 0 Å². The molecular formula is C17H21NO6. The van der Waals surface area contributed by atoms with Gasteiger partial charge in [0.15, 0.2) is 6.10 Å². The fourth-order valence-electron chi connectivity index (χ4n) is 2.57. The summed E-state index contributed by atoms with van der Waals surface area (Å²) >= 11 is 0. The predicted molar refractivity (Wildman–Crippen MR) is 83.7 cm³/mol. The molecule has 1 saturated heterocycles. The van der Waals surface area contributed by atoms with E-state index in [0.29, 0.717) is 19.4 Å². The van der Waals surface area contributed by atoms with Gasteiger partial charge in [-0.1, -0.05) is 30.3 Å². The number of hydrogen-bond acceptors (Lipinski definition) is 6. The Hall–Kier alpha value is -2.57. The van der Waals surface area contributed by atoms with Crippen LogP contribution < -0.4 is 0 Å². The number of likely N-dealkylation sites (tertiary alicyclic amines) is 1. The minimum Gasteiger partial charge on any atom is -0.456 e. The van der Waals surface area contributed by atoms with Crippen molar-refractivity contribution in [3.63, 3.8) is 0 Å². The van der Waals surface area contributed by atoms with E-state index in [-0.39, 0.29) is 6.61 Å². The van der Waals surface area contributed by atoms with Crippen LogP contribution in [0.2, 0.25) is 0 Å². The number of hydrogen-bond donors (Lipinski definition) is 0. The smallest absolute Gasteiger partial charge is 0.413 e. The number of carbonyl (C=O) groups excluding carboxylic acids is 3. The third kappa shape index (κ3) is 4.97. The number of esters is 2. The monoisotopic (exact) mass is 335 g/mol. The summed E-state index contributed by atoms with van der Waals surface area (Å²) < 4.78 is 15.7. The number of benzene rings is 1. The van der Waals surface area contributed by atoms with Crippen LogP contribution in [0.4, 0.5) is 4.79 Å². The highest BCUT2D eigenvalue weighted by molar-refractivity contribution is 5.70. The van der Waals surface area contributed by atoms with Gasteiger partial charge >= 0.3 is 18.0 Å². The van der Waals surface area contributed by atoms with Crippen LogP contribution >= 0.6 is 0 Å². The lowest BCUT2D eigenvalue weighted by molar-refractivity contribution is -0.185. The zero-order chi connectivity index (χ0) is 17.5. The second-order valence-electron chi connectivity index (χ2n) is 5.52. The molecule has 0 aromatic heterocycles. The van der Waals surface area contributed by atoms with E-state index in [0.717, 1.165) is 5.56 Å². The van der Waals surface area contributed by atoms with E-state index in [2.05, 4.69) is 0 Å². The third-order valence-corrected chi connectivity index (χ3v) is 3.56. The van der Waals surface area contributed by atoms with Gasteiger partial charge in [0.1, 0.15) is 6.61 Å². The van der Waals surface area contributed by atoms with Crippen molar-refractivity contribution in [1.82, 2.24) is 4.90 Å². The van der Waals surface area contributed by atoms with E-state index >= 15 is 0 Å². The van der Waals surface area contributed by atoms with Gasteiger partial charge in [-0.2, -0.15) is 0 Å². The van der Waals surface area contributed by atoms with Gasteiger partial charge in [-0.3, -0.25) is 14.5 Å². The van der Waals surface area contributed by atoms with Gasteiger partial charge in [-0.05, 0) is 18.4 Å². The van der Waals surface area contributed by atoms with Gasteiger partial charge in [0.2, 0.25) is 6.23 Å². The summed E-state index contributed by atoms with van der Waals surface area (Å²) in [5, 5.41) is 0. The van der Waals surface area contributed by atoms with Crippen LogP contribution in [-0.4, -0.2) is 41.8 Å². The molecule has 7 nitrogen and oxygen atoms in total. The van der Waals surface area contributed by atoms with Gasteiger partial charge in [0.25, 0.3) is 0 Å². The highest BCUT2D eigenvalue weighted by Crippen LogP contribution is 2.23. The van der Waals surface area contributed by atoms with E-state index in [9.17, 15) is 14.4 Å². The molecule has 1 fully saturated rings. The Morgan fingerprint density at radius 1 is 1.08 bits per heavy atom. The van der Waals surface area contributed by atoms with Gasteiger partial charge in [0, 0.05) is 20.4 Å². The average molecular weight is 335 g/mol. The van der Waals surface area contributed by atoms with Crippen LogP contribution in [-0.2, 0) is 30.4 Å². The Kier molecular flexibility index (Phi) is 6.17. The van der Waals surface area contributed by atoms with Gasteiger partial charge < -0.3 is 14.2 Å². The van der Waals surface area contributed by atoms with E-state index in [1.54, 1.807) is 0 Å². The van der Waals surface area contributed by atoms with Crippen LogP contribution in [0.5, 0.6) is 0 Å². The van der Waals surface area contributed by atoms with Crippen molar-refractivity contribution >= 4 is 18.0 Å². The molecule has 24 heavy (non-hydrogen) atoms. The Morgan fingerprint density at radius 3 is 2.38 bits per heavy atom. The Morgan fingerprint density at radius 2 is 1.75 bits per heavy atom. The van der Waals surface area contributed by atoms with Crippen molar-refractivity contribution in [1.29, 1.82) is 0 Å². The molecule has 0 spiro atoms. The molecule has 1 aromatic rings. The van der Waals surface area contributed by atoms with Crippen molar-refractivity contribution in [2.75, 3.05) is 6.54 Å². The maximum atomic E-state index is 12.4. The summed E-state index contributed by atoms with van der Waals surface area (Å²) in [4.78, 5) is 36.2. The molecule has 0 radical (unpaired) electrons. The number of piperidine rings is 1. The van der Waals surface area contributed by atoms with E-state index in [4.69, 9.17) is 14.2 Å². The van der Waals surface area contributed by atoms with Crippen molar-refractivity contribution in [3.8, 4) is 0 Å². The van der Waals surface area contributed by atoms with Crippen LogP contribution in [0.3, 0.4) is 0 Å². The van der Waals surface area contributed by atoms with Gasteiger partial charge in [-0.25, -0.2) is 4.79 Å². The number of ether oxygens (including phenoxy) is 3. The average Bonchev–Trinajstić information content (AvgIpc) is 2.54. The third-order valence-electron chi connectivity index (χ3n) is 3.56. The molecule has 1 amide bonds. The maximum absolute atomic E-state index is 12.4. The molecule has 1 heterocycles. The summed E-state index contributed by atoms with van der Waals surface area (Å²) in [6, 6.07) is 9.25. The molecule has 7 heteroatoms. The van der Waals surface area contributed by atoms with E-state index in [1.165, 1.54) is 18.7 Å². The molecule has 1 aliphatic heterocycles. The number of carbonyl (C=O) groups is 3. The quantitative estimate of drug-likeness (QED) is 0.620. The first-order valence-corrected chi connectivity index (χ1v) is 7.79. The Bertz CT molecular complexity index is 588. The zero-order valence-electron chi connectivity index (χ0n) is 13.8. The summed E-state index contributed by atoms with van der Waals surface area (Å²) in [6.07, 6.45) is -1.13. The molecule has 0 bridgehead atoms. The molecule has 0 saturated carbocycles. The van der Waals surface area contributed by atoms with E-state index in [1.807, 2.05) is 30.3 Å². The topological polar surface area (TPSA) is 82.1 Å². The number of amides is 1. The second kappa shape index (κ2) is 8.33. The fraction of sp³-hybridized carbons (Fsp3) is 0.471. The van der Waals surface area contributed by atoms with E-state index < -0.39 is 30.4 Å². The summed E-state index contributed by atoms with van der Waals surface area (Å²) in [5.41, 5.74) is 0.850. The summed E-state index contributed by atoms with van der Waals surface area (Å²) in [5.74, 6) is -1.04. The first-order chi connectivity index (χ1) is 11.5. The van der Waals surface area contributed by atoms with Crippen molar-refractivity contribution in [2.24, 2.45) is 0 Å². The van der Waals surface area contributed by atoms with Crippen LogP contribution in [0.15, 0.2) is 30.3 Å². The molecule has 0 aliphatic carbocycles. The SMILES string of the molecule is CC(=O)OC1CCCN(C(=O)OCc2ccccc2)C1OC(C)=O. The lowest BCUT2D eigenvalue weighted by atomic mass is 10.1. The summed E-state index contributed by atoms with van der Waals surface area (Å²) in [7, 11) is 0. The Labute approximate surface area is 140 Å². The standard InChI is InChI=1S/C17H21NO6/c1-12(19)23-15-9-6-10-18(16(15)24-13(2)20)17(21)22-11-14-7-4-3-5-8-14/h3-5,7-8,15-16H,6,9-11H2,1-2H3. The van der Waals surface area contributed by atoms with Gasteiger partial charge in [-0.15, -0.1) is 0 Å². The molecule has 0 N–H and O–H groups in total. The highest BCUT2D eigenvalue weighted by atomic mass is 16.6. The van der Waals surface area contributed by atoms with Crippen LogP contribution in [0.25, 0.3) is 0 Å². The first-order valence-electron chi connectivity index (χ1n) is 7.79. The maximum Gasteiger partial charge on any atom is 0.413 e. The summed E-state index contributed by atoms with van der Waals surface area (Å²) in [6.45, 7) is 2.99. The minimum atomic E-state index is -0.969.